The van der Waals surface area contributed by atoms with Crippen molar-refractivity contribution < 1.29 is 18.0 Å². The zero-order valence-electron chi connectivity index (χ0n) is 10.5. The van der Waals surface area contributed by atoms with Gasteiger partial charge in [-0.3, -0.25) is 4.79 Å². The molecule has 0 aromatic carbocycles. The van der Waals surface area contributed by atoms with E-state index in [-0.39, 0.29) is 23.9 Å². The van der Waals surface area contributed by atoms with E-state index in [1.54, 1.807) is 0 Å². The number of amides is 1. The number of halogens is 3. The lowest BCUT2D eigenvalue weighted by atomic mass is 10.1. The fourth-order valence-corrected chi connectivity index (χ4v) is 1.35. The summed E-state index contributed by atoms with van der Waals surface area (Å²) in [5.74, 6) is -0.0293. The molecule has 1 amide bonds. The van der Waals surface area contributed by atoms with E-state index < -0.39 is 11.9 Å². The summed E-state index contributed by atoms with van der Waals surface area (Å²) in [7, 11) is 0. The quantitative estimate of drug-likeness (QED) is 0.867. The lowest BCUT2D eigenvalue weighted by Crippen LogP contribution is -2.16. The minimum absolute atomic E-state index is 0.233. The summed E-state index contributed by atoms with van der Waals surface area (Å²) >= 11 is 0. The van der Waals surface area contributed by atoms with Crippen molar-refractivity contribution in [2.45, 2.75) is 25.9 Å². The van der Waals surface area contributed by atoms with Crippen molar-refractivity contribution in [1.29, 1.82) is 0 Å². The minimum atomic E-state index is -4.47. The van der Waals surface area contributed by atoms with Crippen LogP contribution in [-0.4, -0.2) is 17.4 Å². The van der Waals surface area contributed by atoms with Crippen molar-refractivity contribution >= 4 is 11.6 Å². The van der Waals surface area contributed by atoms with Crippen LogP contribution in [0.15, 0.2) is 18.3 Å². The smallest absolute Gasteiger partial charge is 0.330 e. The number of pyridine rings is 1. The van der Waals surface area contributed by atoms with Gasteiger partial charge in [0.2, 0.25) is 5.91 Å². The lowest BCUT2D eigenvalue weighted by molar-refractivity contribution is -0.141. The van der Waals surface area contributed by atoms with Gasteiger partial charge >= 0.3 is 6.18 Å². The molecular weight excluding hydrogens is 259 g/mol. The summed E-state index contributed by atoms with van der Waals surface area (Å²) in [4.78, 5) is 14.8. The topological polar surface area (TPSA) is 68.0 Å². The van der Waals surface area contributed by atoms with Crippen molar-refractivity contribution in [2.24, 2.45) is 11.7 Å². The highest BCUT2D eigenvalue weighted by molar-refractivity contribution is 5.90. The van der Waals surface area contributed by atoms with Gasteiger partial charge in [0, 0.05) is 6.42 Å². The third-order valence-corrected chi connectivity index (χ3v) is 2.60. The summed E-state index contributed by atoms with van der Waals surface area (Å²) in [5, 5.41) is 2.49. The molecule has 1 atom stereocenters. The second-order valence-corrected chi connectivity index (χ2v) is 4.36. The zero-order chi connectivity index (χ0) is 14.5. The Labute approximate surface area is 109 Å². The van der Waals surface area contributed by atoms with Gasteiger partial charge in [-0.2, -0.15) is 13.2 Å². The molecule has 0 spiro atoms. The van der Waals surface area contributed by atoms with E-state index in [2.05, 4.69) is 10.3 Å². The van der Waals surface area contributed by atoms with E-state index in [0.29, 0.717) is 13.0 Å². The second kappa shape index (κ2) is 6.51. The SMILES string of the molecule is CC(CN)CCC(=O)Nc1ccc(C(F)(F)F)nc1. The number of hydrogen-bond donors (Lipinski definition) is 2. The van der Waals surface area contributed by atoms with Crippen LogP contribution < -0.4 is 11.1 Å². The van der Waals surface area contributed by atoms with E-state index >= 15 is 0 Å². The zero-order valence-corrected chi connectivity index (χ0v) is 10.5. The molecule has 0 saturated heterocycles. The van der Waals surface area contributed by atoms with Crippen LogP contribution in [0.1, 0.15) is 25.5 Å². The van der Waals surface area contributed by atoms with Crippen molar-refractivity contribution in [3.8, 4) is 0 Å². The van der Waals surface area contributed by atoms with Crippen LogP contribution in [-0.2, 0) is 11.0 Å². The molecule has 1 aromatic heterocycles. The summed E-state index contributed by atoms with van der Waals surface area (Å²) < 4.78 is 36.8. The summed E-state index contributed by atoms with van der Waals surface area (Å²) in [6.07, 6.45) is -2.57. The molecule has 1 heterocycles. The molecule has 1 rings (SSSR count). The Morgan fingerprint density at radius 3 is 2.63 bits per heavy atom. The number of hydrogen-bond acceptors (Lipinski definition) is 3. The molecule has 0 aliphatic heterocycles. The van der Waals surface area contributed by atoms with Crippen molar-refractivity contribution in [2.75, 3.05) is 11.9 Å². The van der Waals surface area contributed by atoms with Crippen molar-refractivity contribution in [3.05, 3.63) is 24.0 Å². The summed E-state index contributed by atoms with van der Waals surface area (Å²) in [6.45, 7) is 2.42. The number of carbonyl (C=O) groups is 1. The molecule has 0 aliphatic carbocycles. The minimum Gasteiger partial charge on any atom is -0.330 e. The highest BCUT2D eigenvalue weighted by atomic mass is 19.4. The fraction of sp³-hybridized carbons (Fsp3) is 0.500. The number of nitrogens with two attached hydrogens (primary N) is 1. The molecule has 1 aromatic rings. The van der Waals surface area contributed by atoms with E-state index in [1.807, 2.05) is 6.92 Å². The average molecular weight is 275 g/mol. The normalized spacial score (nSPS) is 13.1. The maximum Gasteiger partial charge on any atom is 0.433 e. The molecule has 7 heteroatoms. The van der Waals surface area contributed by atoms with Crippen LogP contribution in [0.4, 0.5) is 18.9 Å². The van der Waals surface area contributed by atoms with E-state index in [0.717, 1.165) is 12.3 Å². The van der Waals surface area contributed by atoms with Gasteiger partial charge in [0.15, 0.2) is 0 Å². The third kappa shape index (κ3) is 5.25. The molecule has 19 heavy (non-hydrogen) atoms. The molecule has 0 saturated carbocycles. The van der Waals surface area contributed by atoms with Crippen LogP contribution in [0.2, 0.25) is 0 Å². The summed E-state index contributed by atoms with van der Waals surface area (Å²) in [6, 6.07) is 2.01. The Morgan fingerprint density at radius 1 is 1.47 bits per heavy atom. The van der Waals surface area contributed by atoms with Crippen LogP contribution >= 0.6 is 0 Å². The summed E-state index contributed by atoms with van der Waals surface area (Å²) in [5.41, 5.74) is 4.68. The van der Waals surface area contributed by atoms with Crippen LogP contribution in [0, 0.1) is 5.92 Å². The van der Waals surface area contributed by atoms with E-state index in [9.17, 15) is 18.0 Å². The van der Waals surface area contributed by atoms with Gasteiger partial charge in [0.25, 0.3) is 0 Å². The van der Waals surface area contributed by atoms with Crippen LogP contribution in [0.25, 0.3) is 0 Å². The number of nitrogens with zero attached hydrogens (tertiary/aromatic N) is 1. The number of alkyl halides is 3. The Hall–Kier alpha value is -1.63. The number of rotatable bonds is 5. The van der Waals surface area contributed by atoms with Crippen molar-refractivity contribution in [1.82, 2.24) is 4.98 Å². The predicted molar refractivity (Wildman–Crippen MR) is 65.3 cm³/mol. The number of nitrogens with one attached hydrogen (secondary N) is 1. The first-order valence-corrected chi connectivity index (χ1v) is 5.86. The maximum atomic E-state index is 12.3. The molecule has 3 N–H and O–H groups in total. The standard InChI is InChI=1S/C12H16F3N3O/c1-8(6-16)2-5-11(19)18-9-3-4-10(17-7-9)12(13,14)15/h3-4,7-8H,2,5-6,16H2,1H3,(H,18,19). The highest BCUT2D eigenvalue weighted by Crippen LogP contribution is 2.27. The Kier molecular flexibility index (Phi) is 5.29. The van der Waals surface area contributed by atoms with Crippen LogP contribution in [0.3, 0.4) is 0 Å². The first-order valence-electron chi connectivity index (χ1n) is 5.86. The number of aromatic nitrogens is 1. The van der Waals surface area contributed by atoms with Crippen LogP contribution in [0.5, 0.6) is 0 Å². The van der Waals surface area contributed by atoms with E-state index in [1.165, 1.54) is 6.07 Å². The average Bonchev–Trinajstić information content (AvgIpc) is 2.35. The third-order valence-electron chi connectivity index (χ3n) is 2.60. The Bertz CT molecular complexity index is 417. The van der Waals surface area contributed by atoms with E-state index in [4.69, 9.17) is 5.73 Å². The molecule has 4 nitrogen and oxygen atoms in total. The van der Waals surface area contributed by atoms with Gasteiger partial charge in [0.05, 0.1) is 11.9 Å². The largest absolute Gasteiger partial charge is 0.433 e. The second-order valence-electron chi connectivity index (χ2n) is 4.36. The predicted octanol–water partition coefficient (Wildman–Crippen LogP) is 2.41. The molecule has 106 valence electrons. The highest BCUT2D eigenvalue weighted by Gasteiger charge is 2.32. The molecule has 0 aliphatic rings. The maximum absolute atomic E-state index is 12.3. The molecule has 1 unspecified atom stereocenters. The number of carbonyl (C=O) groups excluding carboxylic acids is 1. The first kappa shape index (κ1) is 15.4. The first-order chi connectivity index (χ1) is 8.82. The molecule has 0 radical (unpaired) electrons. The van der Waals surface area contributed by atoms with Gasteiger partial charge in [0.1, 0.15) is 5.69 Å². The Morgan fingerprint density at radius 2 is 2.16 bits per heavy atom. The van der Waals surface area contributed by atoms with Gasteiger partial charge < -0.3 is 11.1 Å². The Balaban J connectivity index is 2.51. The monoisotopic (exact) mass is 275 g/mol. The van der Waals surface area contributed by atoms with Gasteiger partial charge in [-0.25, -0.2) is 4.98 Å². The molecule has 0 fully saturated rings. The molecule has 0 bridgehead atoms. The van der Waals surface area contributed by atoms with Gasteiger partial charge in [-0.1, -0.05) is 6.92 Å². The lowest BCUT2D eigenvalue weighted by Gasteiger charge is -2.09. The van der Waals surface area contributed by atoms with Gasteiger partial charge in [-0.15, -0.1) is 0 Å². The van der Waals surface area contributed by atoms with Crippen molar-refractivity contribution in [3.63, 3.8) is 0 Å². The fourth-order valence-electron chi connectivity index (χ4n) is 1.35. The number of anilines is 1. The van der Waals surface area contributed by atoms with Gasteiger partial charge in [-0.05, 0) is 31.0 Å². The molecular formula is C12H16F3N3O.